The molecule has 0 bridgehead atoms. The zero-order chi connectivity index (χ0) is 13.1. The molecule has 1 amide bonds. The summed E-state index contributed by atoms with van der Waals surface area (Å²) in [6.07, 6.45) is 2.37. The third kappa shape index (κ3) is 5.33. The van der Waals surface area contributed by atoms with Gasteiger partial charge in [-0.3, -0.25) is 4.79 Å². The summed E-state index contributed by atoms with van der Waals surface area (Å²) < 4.78 is 0.186. The molecule has 2 nitrogen and oxygen atoms in total. The molecule has 0 N–H and O–H groups in total. The van der Waals surface area contributed by atoms with Crippen molar-refractivity contribution in [2.24, 2.45) is 11.8 Å². The number of likely N-dealkylation sites (tertiary alicyclic amines) is 1. The maximum atomic E-state index is 12.0. The molecule has 1 heterocycles. The van der Waals surface area contributed by atoms with E-state index in [9.17, 15) is 4.79 Å². The van der Waals surface area contributed by atoms with Crippen LogP contribution in [0.25, 0.3) is 0 Å². The van der Waals surface area contributed by atoms with E-state index < -0.39 is 0 Å². The van der Waals surface area contributed by atoms with E-state index in [2.05, 4.69) is 39.5 Å². The third-order valence-corrected chi connectivity index (χ3v) is 4.72. The van der Waals surface area contributed by atoms with Crippen LogP contribution in [0.4, 0.5) is 0 Å². The largest absolute Gasteiger partial charge is 0.342 e. The van der Waals surface area contributed by atoms with Gasteiger partial charge in [-0.1, -0.05) is 34.6 Å². The first-order valence-electron chi connectivity index (χ1n) is 6.71. The monoisotopic (exact) mass is 257 g/mol. The summed E-state index contributed by atoms with van der Waals surface area (Å²) in [5.74, 6) is 2.54. The number of thioether (sulfide) groups is 1. The molecular formula is C14H27NOS. The van der Waals surface area contributed by atoms with Crippen LogP contribution in [0.5, 0.6) is 0 Å². The second-order valence-electron chi connectivity index (χ2n) is 6.36. The van der Waals surface area contributed by atoms with E-state index in [-0.39, 0.29) is 4.75 Å². The molecule has 1 saturated heterocycles. The number of hydrogen-bond donors (Lipinski definition) is 0. The van der Waals surface area contributed by atoms with Gasteiger partial charge in [-0.25, -0.2) is 0 Å². The van der Waals surface area contributed by atoms with Gasteiger partial charge in [0, 0.05) is 17.8 Å². The van der Waals surface area contributed by atoms with Gasteiger partial charge in [0.15, 0.2) is 0 Å². The van der Waals surface area contributed by atoms with E-state index >= 15 is 0 Å². The second-order valence-corrected chi connectivity index (χ2v) is 8.17. The van der Waals surface area contributed by atoms with Crippen molar-refractivity contribution in [3.05, 3.63) is 0 Å². The number of carbonyl (C=O) groups excluding carboxylic acids is 1. The zero-order valence-electron chi connectivity index (χ0n) is 12.0. The Hall–Kier alpha value is -0.180. The highest BCUT2D eigenvalue weighted by molar-refractivity contribution is 8.01. The van der Waals surface area contributed by atoms with Gasteiger partial charge >= 0.3 is 0 Å². The van der Waals surface area contributed by atoms with E-state index in [1.54, 1.807) is 11.8 Å². The van der Waals surface area contributed by atoms with Crippen LogP contribution in [0.1, 0.15) is 47.5 Å². The minimum Gasteiger partial charge on any atom is -0.342 e. The lowest BCUT2D eigenvalue weighted by atomic mass is 9.87. The Morgan fingerprint density at radius 1 is 1.29 bits per heavy atom. The number of piperidine rings is 1. The molecule has 0 aromatic rings. The molecule has 17 heavy (non-hydrogen) atoms. The molecule has 0 spiro atoms. The van der Waals surface area contributed by atoms with Crippen LogP contribution in [-0.2, 0) is 4.79 Å². The fourth-order valence-corrected chi connectivity index (χ4v) is 2.92. The lowest BCUT2D eigenvalue weighted by Gasteiger charge is -2.34. The molecular weight excluding hydrogens is 230 g/mol. The highest BCUT2D eigenvalue weighted by Crippen LogP contribution is 2.26. The summed E-state index contributed by atoms with van der Waals surface area (Å²) in [5, 5.41) is 0. The predicted molar refractivity (Wildman–Crippen MR) is 76.4 cm³/mol. The fourth-order valence-electron chi connectivity index (χ4n) is 2.19. The van der Waals surface area contributed by atoms with E-state index in [1.807, 2.05) is 0 Å². The van der Waals surface area contributed by atoms with Crippen LogP contribution in [-0.4, -0.2) is 34.4 Å². The Kier molecular flexibility index (Phi) is 5.36. The Morgan fingerprint density at radius 2 is 1.82 bits per heavy atom. The molecule has 100 valence electrons. The lowest BCUT2D eigenvalue weighted by Crippen LogP contribution is -2.40. The SMILES string of the molecule is CC(C)C1CCN(C(=O)CSC(C)(C)C)CC1. The number of carbonyl (C=O) groups is 1. The van der Waals surface area contributed by atoms with Gasteiger partial charge in [-0.05, 0) is 24.7 Å². The standard InChI is InChI=1S/C14H27NOS/c1-11(2)12-6-8-15(9-7-12)13(16)10-17-14(3,4)5/h11-12H,6-10H2,1-5H3. The molecule has 1 fully saturated rings. The molecule has 0 aromatic heterocycles. The summed E-state index contributed by atoms with van der Waals surface area (Å²) >= 11 is 1.75. The Labute approximate surface area is 111 Å². The molecule has 0 aromatic carbocycles. The van der Waals surface area contributed by atoms with Crippen LogP contribution < -0.4 is 0 Å². The maximum Gasteiger partial charge on any atom is 0.232 e. The molecule has 0 unspecified atom stereocenters. The van der Waals surface area contributed by atoms with E-state index in [4.69, 9.17) is 0 Å². The fraction of sp³-hybridized carbons (Fsp3) is 0.929. The minimum absolute atomic E-state index is 0.186. The first-order valence-corrected chi connectivity index (χ1v) is 7.70. The summed E-state index contributed by atoms with van der Waals surface area (Å²) in [5.41, 5.74) is 0. The van der Waals surface area contributed by atoms with Crippen LogP contribution in [0.15, 0.2) is 0 Å². The van der Waals surface area contributed by atoms with Gasteiger partial charge < -0.3 is 4.90 Å². The van der Waals surface area contributed by atoms with Crippen molar-refractivity contribution in [2.45, 2.75) is 52.2 Å². The highest BCUT2D eigenvalue weighted by Gasteiger charge is 2.25. The second kappa shape index (κ2) is 6.12. The molecule has 3 heteroatoms. The smallest absolute Gasteiger partial charge is 0.232 e. The molecule has 0 radical (unpaired) electrons. The zero-order valence-corrected chi connectivity index (χ0v) is 12.8. The first-order chi connectivity index (χ1) is 7.79. The van der Waals surface area contributed by atoms with Crippen molar-refractivity contribution in [3.63, 3.8) is 0 Å². The van der Waals surface area contributed by atoms with E-state index in [0.29, 0.717) is 11.7 Å². The first kappa shape index (κ1) is 14.9. The Balaban J connectivity index is 2.31. The lowest BCUT2D eigenvalue weighted by molar-refractivity contribution is -0.129. The van der Waals surface area contributed by atoms with E-state index in [0.717, 1.165) is 24.9 Å². The predicted octanol–water partition coefficient (Wildman–Crippen LogP) is 3.41. The number of rotatable bonds is 3. The van der Waals surface area contributed by atoms with Crippen LogP contribution in [0.2, 0.25) is 0 Å². The van der Waals surface area contributed by atoms with Gasteiger partial charge in [-0.15, -0.1) is 11.8 Å². The quantitative estimate of drug-likeness (QED) is 0.772. The number of hydrogen-bond acceptors (Lipinski definition) is 2. The topological polar surface area (TPSA) is 20.3 Å². The van der Waals surface area contributed by atoms with Crippen LogP contribution in [0.3, 0.4) is 0 Å². The van der Waals surface area contributed by atoms with Crippen molar-refractivity contribution < 1.29 is 4.79 Å². The maximum absolute atomic E-state index is 12.0. The third-order valence-electron chi connectivity index (χ3n) is 3.46. The molecule has 0 saturated carbocycles. The average Bonchev–Trinajstić information content (AvgIpc) is 2.25. The molecule has 0 aliphatic carbocycles. The van der Waals surface area contributed by atoms with Crippen molar-refractivity contribution >= 4 is 17.7 Å². The number of amides is 1. The van der Waals surface area contributed by atoms with Gasteiger partial charge in [0.25, 0.3) is 0 Å². The van der Waals surface area contributed by atoms with Crippen molar-refractivity contribution in [2.75, 3.05) is 18.8 Å². The highest BCUT2D eigenvalue weighted by atomic mass is 32.2. The molecule has 1 aliphatic rings. The van der Waals surface area contributed by atoms with Gasteiger partial charge in [0.2, 0.25) is 5.91 Å². The summed E-state index contributed by atoms with van der Waals surface area (Å²) in [7, 11) is 0. The normalized spacial score (nSPS) is 18.8. The van der Waals surface area contributed by atoms with Gasteiger partial charge in [-0.2, -0.15) is 0 Å². The summed E-state index contributed by atoms with van der Waals surface area (Å²) in [6.45, 7) is 13.0. The molecule has 1 rings (SSSR count). The van der Waals surface area contributed by atoms with E-state index in [1.165, 1.54) is 12.8 Å². The van der Waals surface area contributed by atoms with Gasteiger partial charge in [0.05, 0.1) is 5.75 Å². The van der Waals surface area contributed by atoms with Crippen molar-refractivity contribution in [1.82, 2.24) is 4.90 Å². The van der Waals surface area contributed by atoms with Crippen molar-refractivity contribution in [3.8, 4) is 0 Å². The average molecular weight is 257 g/mol. The minimum atomic E-state index is 0.186. The molecule has 1 aliphatic heterocycles. The van der Waals surface area contributed by atoms with Crippen LogP contribution >= 0.6 is 11.8 Å². The summed E-state index contributed by atoms with van der Waals surface area (Å²) in [4.78, 5) is 14.1. The Morgan fingerprint density at radius 3 is 2.24 bits per heavy atom. The van der Waals surface area contributed by atoms with Crippen molar-refractivity contribution in [1.29, 1.82) is 0 Å². The molecule has 0 atom stereocenters. The Bertz CT molecular complexity index is 249. The number of nitrogens with zero attached hydrogens (tertiary/aromatic N) is 1. The summed E-state index contributed by atoms with van der Waals surface area (Å²) in [6, 6.07) is 0. The van der Waals surface area contributed by atoms with Gasteiger partial charge in [0.1, 0.15) is 0 Å². The van der Waals surface area contributed by atoms with Crippen LogP contribution in [0, 0.1) is 11.8 Å².